The van der Waals surface area contributed by atoms with E-state index in [2.05, 4.69) is 5.32 Å². The van der Waals surface area contributed by atoms with Crippen LogP contribution in [0.2, 0.25) is 0 Å². The number of hydrogen-bond acceptors (Lipinski definition) is 4. The number of ketones is 1. The van der Waals surface area contributed by atoms with Crippen molar-refractivity contribution >= 4 is 17.6 Å². The predicted molar refractivity (Wildman–Crippen MR) is 100 cm³/mol. The summed E-state index contributed by atoms with van der Waals surface area (Å²) in [5.74, 6) is 0.236. The van der Waals surface area contributed by atoms with Gasteiger partial charge in [-0.1, -0.05) is 30.3 Å². The van der Waals surface area contributed by atoms with Gasteiger partial charge in [0.15, 0.2) is 11.5 Å². The van der Waals surface area contributed by atoms with Crippen molar-refractivity contribution in [3.05, 3.63) is 60.1 Å². The molecule has 1 fully saturated rings. The Hall–Kier alpha value is -2.89. The van der Waals surface area contributed by atoms with Crippen LogP contribution in [-0.4, -0.2) is 42.1 Å². The third-order valence-electron chi connectivity index (χ3n) is 4.87. The molecule has 27 heavy (non-hydrogen) atoms. The Labute approximate surface area is 158 Å². The quantitative estimate of drug-likeness (QED) is 0.602. The van der Waals surface area contributed by atoms with Crippen molar-refractivity contribution in [2.24, 2.45) is 5.92 Å². The van der Waals surface area contributed by atoms with Crippen LogP contribution in [0.3, 0.4) is 0 Å². The van der Waals surface area contributed by atoms with Gasteiger partial charge in [-0.3, -0.25) is 14.4 Å². The van der Waals surface area contributed by atoms with E-state index in [1.165, 1.54) is 6.26 Å². The van der Waals surface area contributed by atoms with Crippen molar-refractivity contribution in [3.8, 4) is 0 Å². The number of nitrogens with zero attached hydrogens (tertiary/aromatic N) is 1. The Balaban J connectivity index is 1.36. The molecule has 0 atom stereocenters. The summed E-state index contributed by atoms with van der Waals surface area (Å²) in [4.78, 5) is 38.4. The summed E-state index contributed by atoms with van der Waals surface area (Å²) in [6.45, 7) is 1.65. The molecule has 3 rings (SSSR count). The number of hydrogen-bond donors (Lipinski definition) is 1. The molecule has 6 heteroatoms. The predicted octanol–water partition coefficient (Wildman–Crippen LogP) is 2.91. The molecule has 0 aliphatic carbocycles. The summed E-state index contributed by atoms with van der Waals surface area (Å²) in [7, 11) is 0. The van der Waals surface area contributed by atoms with Crippen LogP contribution in [-0.2, 0) is 4.79 Å². The molecule has 142 valence electrons. The first-order chi connectivity index (χ1) is 13.1. The zero-order valence-corrected chi connectivity index (χ0v) is 15.2. The first kappa shape index (κ1) is 18.9. The van der Waals surface area contributed by atoms with Gasteiger partial charge in [-0.25, -0.2) is 0 Å². The van der Waals surface area contributed by atoms with Crippen molar-refractivity contribution in [1.82, 2.24) is 10.2 Å². The van der Waals surface area contributed by atoms with Gasteiger partial charge in [-0.05, 0) is 31.4 Å². The van der Waals surface area contributed by atoms with Gasteiger partial charge in [0.05, 0.1) is 6.26 Å². The van der Waals surface area contributed by atoms with Crippen LogP contribution in [0.1, 0.15) is 46.6 Å². The Morgan fingerprint density at radius 2 is 1.78 bits per heavy atom. The lowest BCUT2D eigenvalue weighted by atomic mass is 9.89. The first-order valence-electron chi connectivity index (χ1n) is 9.34. The number of carbonyl (C=O) groups excluding carboxylic acids is 3. The van der Waals surface area contributed by atoms with Gasteiger partial charge in [0.25, 0.3) is 5.91 Å². The first-order valence-corrected chi connectivity index (χ1v) is 9.34. The van der Waals surface area contributed by atoms with E-state index in [0.717, 1.165) is 5.56 Å². The molecule has 0 bridgehead atoms. The van der Waals surface area contributed by atoms with Crippen LogP contribution < -0.4 is 5.32 Å². The van der Waals surface area contributed by atoms with E-state index in [1.807, 2.05) is 35.2 Å². The molecule has 1 aliphatic heterocycles. The second kappa shape index (κ2) is 9.16. The monoisotopic (exact) mass is 368 g/mol. The summed E-state index contributed by atoms with van der Waals surface area (Å²) < 4.78 is 5.02. The van der Waals surface area contributed by atoms with Crippen LogP contribution in [0, 0.1) is 5.92 Å². The van der Waals surface area contributed by atoms with E-state index in [0.29, 0.717) is 45.3 Å². The molecule has 2 amide bonds. The molecule has 1 aromatic carbocycles. The van der Waals surface area contributed by atoms with Crippen molar-refractivity contribution in [1.29, 1.82) is 0 Å². The van der Waals surface area contributed by atoms with E-state index in [-0.39, 0.29) is 29.3 Å². The van der Waals surface area contributed by atoms with Gasteiger partial charge in [0.1, 0.15) is 0 Å². The molecule has 1 aromatic heterocycles. The van der Waals surface area contributed by atoms with Crippen LogP contribution >= 0.6 is 0 Å². The SMILES string of the molecule is O=C(NCCCC(=O)N1CCC(C(=O)c2ccccc2)CC1)c1ccco1. The third-order valence-corrected chi connectivity index (χ3v) is 4.87. The van der Waals surface area contributed by atoms with Gasteiger partial charge in [-0.2, -0.15) is 0 Å². The summed E-state index contributed by atoms with van der Waals surface area (Å²) in [5.41, 5.74) is 0.745. The van der Waals surface area contributed by atoms with Crippen LogP contribution in [0.5, 0.6) is 0 Å². The molecular formula is C21H24N2O4. The molecular weight excluding hydrogens is 344 g/mol. The molecule has 6 nitrogen and oxygen atoms in total. The van der Waals surface area contributed by atoms with Gasteiger partial charge >= 0.3 is 0 Å². The molecule has 1 N–H and O–H groups in total. The van der Waals surface area contributed by atoms with E-state index < -0.39 is 0 Å². The highest BCUT2D eigenvalue weighted by molar-refractivity contribution is 5.98. The summed E-state index contributed by atoms with van der Waals surface area (Å²) in [6, 6.07) is 12.6. The fourth-order valence-electron chi connectivity index (χ4n) is 3.32. The Bertz CT molecular complexity index is 763. The van der Waals surface area contributed by atoms with Crippen LogP contribution in [0.15, 0.2) is 53.1 Å². The highest BCUT2D eigenvalue weighted by Crippen LogP contribution is 2.22. The number of amides is 2. The van der Waals surface area contributed by atoms with Crippen molar-refractivity contribution in [2.45, 2.75) is 25.7 Å². The highest BCUT2D eigenvalue weighted by Gasteiger charge is 2.27. The third kappa shape index (κ3) is 5.06. The van der Waals surface area contributed by atoms with E-state index in [4.69, 9.17) is 4.42 Å². The maximum Gasteiger partial charge on any atom is 0.286 e. The van der Waals surface area contributed by atoms with Crippen molar-refractivity contribution in [2.75, 3.05) is 19.6 Å². The number of piperidine rings is 1. The number of furan rings is 1. The highest BCUT2D eigenvalue weighted by atomic mass is 16.3. The average Bonchev–Trinajstić information content (AvgIpc) is 3.26. The number of Topliss-reactive ketones (excluding diaryl/α,β-unsaturated/α-hetero) is 1. The molecule has 0 saturated carbocycles. The summed E-state index contributed by atoms with van der Waals surface area (Å²) in [6.07, 6.45) is 3.82. The number of rotatable bonds is 7. The van der Waals surface area contributed by atoms with Gasteiger partial charge in [0, 0.05) is 37.5 Å². The largest absolute Gasteiger partial charge is 0.459 e. The van der Waals surface area contributed by atoms with Crippen molar-refractivity contribution in [3.63, 3.8) is 0 Å². The minimum absolute atomic E-state index is 0.0102. The Kier molecular flexibility index (Phi) is 6.41. The second-order valence-electron chi connectivity index (χ2n) is 6.72. The maximum atomic E-state index is 12.5. The molecule has 2 aromatic rings. The van der Waals surface area contributed by atoms with E-state index in [1.54, 1.807) is 12.1 Å². The molecule has 1 aliphatic rings. The minimum Gasteiger partial charge on any atom is -0.459 e. The Morgan fingerprint density at radius 1 is 1.04 bits per heavy atom. The summed E-state index contributed by atoms with van der Waals surface area (Å²) in [5, 5.41) is 2.74. The summed E-state index contributed by atoms with van der Waals surface area (Å²) >= 11 is 0. The van der Waals surface area contributed by atoms with Gasteiger partial charge in [0.2, 0.25) is 5.91 Å². The standard InChI is InChI=1S/C21H24N2O4/c24-19(9-4-12-22-21(26)18-8-5-15-27-18)23-13-10-17(11-14-23)20(25)16-6-2-1-3-7-16/h1-3,5-8,15,17H,4,9-14H2,(H,22,26). The fraction of sp³-hybridized carbons (Fsp3) is 0.381. The zero-order chi connectivity index (χ0) is 19.1. The lowest BCUT2D eigenvalue weighted by Crippen LogP contribution is -2.40. The smallest absolute Gasteiger partial charge is 0.286 e. The second-order valence-corrected chi connectivity index (χ2v) is 6.72. The molecule has 0 radical (unpaired) electrons. The maximum absolute atomic E-state index is 12.5. The van der Waals surface area contributed by atoms with Crippen molar-refractivity contribution < 1.29 is 18.8 Å². The van der Waals surface area contributed by atoms with E-state index >= 15 is 0 Å². The number of benzene rings is 1. The molecule has 0 unspecified atom stereocenters. The lowest BCUT2D eigenvalue weighted by molar-refractivity contribution is -0.132. The topological polar surface area (TPSA) is 79.6 Å². The normalized spacial score (nSPS) is 14.7. The van der Waals surface area contributed by atoms with E-state index in [9.17, 15) is 14.4 Å². The lowest BCUT2D eigenvalue weighted by Gasteiger charge is -2.31. The Morgan fingerprint density at radius 3 is 2.44 bits per heavy atom. The van der Waals surface area contributed by atoms with Gasteiger partial charge in [-0.15, -0.1) is 0 Å². The molecule has 2 heterocycles. The fourth-order valence-corrected chi connectivity index (χ4v) is 3.32. The molecule has 0 spiro atoms. The van der Waals surface area contributed by atoms with Crippen LogP contribution in [0.4, 0.5) is 0 Å². The van der Waals surface area contributed by atoms with Crippen LogP contribution in [0.25, 0.3) is 0 Å². The number of nitrogens with one attached hydrogen (secondary N) is 1. The van der Waals surface area contributed by atoms with Gasteiger partial charge < -0.3 is 14.6 Å². The molecule has 1 saturated heterocycles. The average molecular weight is 368 g/mol. The number of carbonyl (C=O) groups is 3. The number of likely N-dealkylation sites (tertiary alicyclic amines) is 1. The minimum atomic E-state index is -0.271. The zero-order valence-electron chi connectivity index (χ0n) is 15.2.